The van der Waals surface area contributed by atoms with Crippen molar-refractivity contribution in [2.75, 3.05) is 13.2 Å². The van der Waals surface area contributed by atoms with Crippen LogP contribution < -0.4 is 0 Å². The van der Waals surface area contributed by atoms with Crippen molar-refractivity contribution in [1.82, 2.24) is 0 Å². The summed E-state index contributed by atoms with van der Waals surface area (Å²) in [5.41, 5.74) is 3.05. The molecule has 0 aromatic carbocycles. The van der Waals surface area contributed by atoms with Crippen LogP contribution in [0.15, 0.2) is 22.3 Å². The van der Waals surface area contributed by atoms with Crippen LogP contribution in [0.1, 0.15) is 59.3 Å². The summed E-state index contributed by atoms with van der Waals surface area (Å²) in [4.78, 5) is 12.2. The molecule has 35 heavy (non-hydrogen) atoms. The van der Waals surface area contributed by atoms with Gasteiger partial charge in [0.1, 0.15) is 36.6 Å². The summed E-state index contributed by atoms with van der Waals surface area (Å²) >= 11 is 0. The number of hydrogen-bond donors (Lipinski definition) is 5. The SMILES string of the molecule is CC1=C2C(O)C3=C(C[C@H]2OC1=O)[C@]1(C)CCC[C@@](C)(COC2OC(CO)C(O)C(O)C2O)[C@H]1CC3. The summed E-state index contributed by atoms with van der Waals surface area (Å²) in [5.74, 6) is -0.102. The zero-order chi connectivity index (χ0) is 25.3. The number of fused-ring (bicyclic) bond motifs is 3. The van der Waals surface area contributed by atoms with Gasteiger partial charge in [-0.15, -0.1) is 0 Å². The second kappa shape index (κ2) is 8.90. The summed E-state index contributed by atoms with van der Waals surface area (Å²) in [6.07, 6.45) is -2.58. The number of ether oxygens (including phenoxy) is 3. The second-order valence-corrected chi connectivity index (χ2v) is 11.6. The molecule has 10 atom stereocenters. The Balaban J connectivity index is 1.37. The van der Waals surface area contributed by atoms with E-state index in [0.717, 1.165) is 43.3 Å². The molecule has 196 valence electrons. The highest BCUT2D eigenvalue weighted by molar-refractivity contribution is 5.92. The quantitative estimate of drug-likeness (QED) is 0.282. The molecule has 0 radical (unpaired) electrons. The van der Waals surface area contributed by atoms with Gasteiger partial charge in [-0.05, 0) is 54.9 Å². The van der Waals surface area contributed by atoms with Crippen LogP contribution in [0.2, 0.25) is 0 Å². The van der Waals surface area contributed by atoms with E-state index >= 15 is 0 Å². The highest BCUT2D eigenvalue weighted by Crippen LogP contribution is 2.62. The van der Waals surface area contributed by atoms with Gasteiger partial charge in [0.05, 0.1) is 13.2 Å². The molecule has 0 spiro atoms. The van der Waals surface area contributed by atoms with Gasteiger partial charge >= 0.3 is 5.97 Å². The lowest BCUT2D eigenvalue weighted by Gasteiger charge is -2.58. The Hall–Kier alpha value is -1.33. The lowest BCUT2D eigenvalue weighted by atomic mass is 9.48. The monoisotopic (exact) mass is 494 g/mol. The Labute approximate surface area is 205 Å². The number of rotatable bonds is 4. The Morgan fingerprint density at radius 2 is 1.83 bits per heavy atom. The average Bonchev–Trinajstić information content (AvgIpc) is 3.11. The average molecular weight is 495 g/mol. The van der Waals surface area contributed by atoms with Crippen LogP contribution in [-0.4, -0.2) is 87.6 Å². The molecule has 9 heteroatoms. The molecule has 0 bridgehead atoms. The van der Waals surface area contributed by atoms with Crippen molar-refractivity contribution in [2.45, 2.75) is 102 Å². The zero-order valence-electron chi connectivity index (χ0n) is 20.6. The fourth-order valence-corrected chi connectivity index (χ4v) is 7.69. The second-order valence-electron chi connectivity index (χ2n) is 11.6. The Morgan fingerprint density at radius 1 is 1.09 bits per heavy atom. The summed E-state index contributed by atoms with van der Waals surface area (Å²) in [6.45, 7) is 5.94. The molecular formula is C26H38O9. The molecule has 3 aliphatic carbocycles. The Morgan fingerprint density at radius 3 is 2.54 bits per heavy atom. The minimum atomic E-state index is -1.47. The van der Waals surface area contributed by atoms with E-state index < -0.39 is 49.5 Å². The molecule has 0 aromatic heterocycles. The van der Waals surface area contributed by atoms with E-state index in [2.05, 4.69) is 13.8 Å². The molecule has 2 aliphatic heterocycles. The third kappa shape index (κ3) is 3.82. The van der Waals surface area contributed by atoms with Crippen LogP contribution in [0, 0.1) is 16.7 Å². The van der Waals surface area contributed by atoms with Gasteiger partial charge in [0.15, 0.2) is 6.29 Å². The normalized spacial score (nSPS) is 47.8. The van der Waals surface area contributed by atoms with Crippen molar-refractivity contribution in [3.8, 4) is 0 Å². The minimum Gasteiger partial charge on any atom is -0.454 e. The standard InChI is InChI=1S/C26H38O9/c1-12-18-15(34-23(12)32)9-14-13(19(18)28)5-6-17-25(2,7-4-8-26(14,17)3)11-33-24-22(31)21(30)20(29)16(10-27)35-24/h15-17,19-22,24,27-31H,4-11H2,1-3H3/t15-,16?,17-,19?,20?,21?,22?,24?,25+,26+/m1/s1. The molecule has 1 saturated heterocycles. The lowest BCUT2D eigenvalue weighted by Crippen LogP contribution is -2.60. The van der Waals surface area contributed by atoms with Gasteiger partial charge in [0.2, 0.25) is 0 Å². The van der Waals surface area contributed by atoms with Crippen LogP contribution in [0.4, 0.5) is 0 Å². The van der Waals surface area contributed by atoms with Crippen molar-refractivity contribution < 1.29 is 44.5 Å². The third-order valence-electron chi connectivity index (χ3n) is 9.61. The van der Waals surface area contributed by atoms with Gasteiger partial charge < -0.3 is 39.7 Å². The van der Waals surface area contributed by atoms with E-state index in [9.17, 15) is 30.3 Å². The molecule has 0 amide bonds. The Kier molecular flexibility index (Phi) is 6.44. The van der Waals surface area contributed by atoms with Crippen molar-refractivity contribution >= 4 is 5.97 Å². The number of esters is 1. The molecule has 9 nitrogen and oxygen atoms in total. The van der Waals surface area contributed by atoms with E-state index in [1.807, 2.05) is 0 Å². The zero-order valence-corrected chi connectivity index (χ0v) is 20.6. The number of hydrogen-bond acceptors (Lipinski definition) is 9. The maximum atomic E-state index is 12.2. The molecular weight excluding hydrogens is 456 g/mol. The van der Waals surface area contributed by atoms with E-state index in [-0.39, 0.29) is 29.3 Å². The van der Waals surface area contributed by atoms with Gasteiger partial charge in [-0.1, -0.05) is 25.8 Å². The number of aliphatic hydroxyl groups excluding tert-OH is 5. The summed E-state index contributed by atoms with van der Waals surface area (Å²) in [6, 6.07) is 0. The van der Waals surface area contributed by atoms with Gasteiger partial charge in [-0.25, -0.2) is 4.79 Å². The van der Waals surface area contributed by atoms with E-state index in [4.69, 9.17) is 14.2 Å². The molecule has 2 fully saturated rings. The fourth-order valence-electron chi connectivity index (χ4n) is 7.69. The fraction of sp³-hybridized carbons (Fsp3) is 0.808. The van der Waals surface area contributed by atoms with Gasteiger partial charge in [0.25, 0.3) is 0 Å². The smallest absolute Gasteiger partial charge is 0.334 e. The summed E-state index contributed by atoms with van der Waals surface area (Å²) in [5, 5.41) is 51.3. The third-order valence-corrected chi connectivity index (χ3v) is 9.61. The summed E-state index contributed by atoms with van der Waals surface area (Å²) < 4.78 is 17.2. The first kappa shape index (κ1) is 25.3. The minimum absolute atomic E-state index is 0.186. The maximum absolute atomic E-state index is 12.2. The van der Waals surface area contributed by atoms with Gasteiger partial charge in [0, 0.05) is 17.6 Å². The first-order valence-corrected chi connectivity index (χ1v) is 12.8. The molecule has 5 rings (SSSR count). The number of carbonyl (C=O) groups excluding carboxylic acids is 1. The van der Waals surface area contributed by atoms with E-state index in [1.165, 1.54) is 5.57 Å². The van der Waals surface area contributed by atoms with Gasteiger partial charge in [-0.3, -0.25) is 0 Å². The Bertz CT molecular complexity index is 941. The van der Waals surface area contributed by atoms with Crippen LogP contribution in [0.3, 0.4) is 0 Å². The predicted octanol–water partition coefficient (Wildman–Crippen LogP) is 0.712. The highest BCUT2D eigenvalue weighted by Gasteiger charge is 2.56. The van der Waals surface area contributed by atoms with E-state index in [0.29, 0.717) is 12.0 Å². The largest absolute Gasteiger partial charge is 0.454 e. The van der Waals surface area contributed by atoms with Crippen molar-refractivity contribution in [3.63, 3.8) is 0 Å². The predicted molar refractivity (Wildman–Crippen MR) is 123 cm³/mol. The molecule has 0 aromatic rings. The van der Waals surface area contributed by atoms with E-state index in [1.54, 1.807) is 6.92 Å². The maximum Gasteiger partial charge on any atom is 0.334 e. The first-order valence-electron chi connectivity index (χ1n) is 12.8. The highest BCUT2D eigenvalue weighted by atomic mass is 16.7. The van der Waals surface area contributed by atoms with Crippen molar-refractivity contribution in [3.05, 3.63) is 22.3 Å². The van der Waals surface area contributed by atoms with Crippen LogP contribution in [-0.2, 0) is 19.0 Å². The van der Waals surface area contributed by atoms with Crippen molar-refractivity contribution in [1.29, 1.82) is 0 Å². The van der Waals surface area contributed by atoms with Crippen molar-refractivity contribution in [2.24, 2.45) is 16.7 Å². The summed E-state index contributed by atoms with van der Waals surface area (Å²) in [7, 11) is 0. The lowest BCUT2D eigenvalue weighted by molar-refractivity contribution is -0.308. The van der Waals surface area contributed by atoms with Gasteiger partial charge in [-0.2, -0.15) is 0 Å². The number of aliphatic hydroxyl groups is 5. The molecule has 6 unspecified atom stereocenters. The first-order chi connectivity index (χ1) is 16.5. The van der Waals surface area contributed by atoms with Crippen LogP contribution in [0.5, 0.6) is 0 Å². The topological polar surface area (TPSA) is 146 Å². The molecule has 5 N–H and O–H groups in total. The van der Waals surface area contributed by atoms with Crippen LogP contribution >= 0.6 is 0 Å². The molecule has 5 aliphatic rings. The number of carbonyl (C=O) groups is 1. The molecule has 2 heterocycles. The molecule has 1 saturated carbocycles. The van der Waals surface area contributed by atoms with Crippen LogP contribution in [0.25, 0.3) is 0 Å².